The third kappa shape index (κ3) is 33.5. The van der Waals surface area contributed by atoms with Gasteiger partial charge in [-0.1, -0.05) is 52.3 Å². The van der Waals surface area contributed by atoms with E-state index < -0.39 is 0 Å². The number of ether oxygens (including phenoxy) is 4. The molecule has 63 heavy (non-hydrogen) atoms. The SMILES string of the molecule is C1CN=C2NCCCN2C1.C=CCC(CCCCO)C(=O)OCCCCC(CC=C)C(=O)OCCC(C)C.C=CCC1CCCCOC1=O.CC(C)CCO.O=C1CCCCCO1. The van der Waals surface area contributed by atoms with Gasteiger partial charge in [-0.25, -0.2) is 0 Å². The Kier molecular flexibility index (Phi) is 38.6. The van der Waals surface area contributed by atoms with Crippen LogP contribution in [0.5, 0.6) is 0 Å². The van der Waals surface area contributed by atoms with Crippen molar-refractivity contribution in [1.29, 1.82) is 0 Å². The summed E-state index contributed by atoms with van der Waals surface area (Å²) in [4.78, 5) is 52.7. The summed E-state index contributed by atoms with van der Waals surface area (Å²) in [6.45, 7) is 26.5. The molecule has 13 heteroatoms. The van der Waals surface area contributed by atoms with Crippen molar-refractivity contribution >= 4 is 29.8 Å². The Bertz CT molecular complexity index is 1250. The summed E-state index contributed by atoms with van der Waals surface area (Å²) in [6, 6.07) is 0. The van der Waals surface area contributed by atoms with Gasteiger partial charge in [0.2, 0.25) is 0 Å². The van der Waals surface area contributed by atoms with Crippen molar-refractivity contribution in [3.8, 4) is 0 Å². The minimum atomic E-state index is -0.200. The number of guanidine groups is 1. The number of aliphatic imine (C=N–C) groups is 1. The summed E-state index contributed by atoms with van der Waals surface area (Å²) in [5.74, 6) is 1.59. The molecule has 3 unspecified atom stereocenters. The van der Waals surface area contributed by atoms with Gasteiger partial charge in [-0.2, -0.15) is 0 Å². The topological polar surface area (TPSA) is 173 Å². The lowest BCUT2D eigenvalue weighted by Gasteiger charge is -2.33. The molecule has 3 saturated heterocycles. The van der Waals surface area contributed by atoms with Crippen molar-refractivity contribution in [1.82, 2.24) is 10.2 Å². The molecule has 4 heterocycles. The maximum Gasteiger partial charge on any atom is 0.309 e. The van der Waals surface area contributed by atoms with Crippen LogP contribution in [0.2, 0.25) is 0 Å². The van der Waals surface area contributed by atoms with Crippen molar-refractivity contribution in [3.63, 3.8) is 0 Å². The summed E-state index contributed by atoms with van der Waals surface area (Å²) in [5.41, 5.74) is 0. The second kappa shape index (κ2) is 41.0. The molecule has 0 bridgehead atoms. The number of nitrogens with one attached hydrogen (secondary N) is 1. The van der Waals surface area contributed by atoms with E-state index in [1.807, 2.05) is 0 Å². The lowest BCUT2D eigenvalue weighted by atomic mass is 9.98. The molecule has 0 aliphatic carbocycles. The maximum absolute atomic E-state index is 12.2. The number of hydrogen-bond donors (Lipinski definition) is 3. The minimum Gasteiger partial charge on any atom is -0.466 e. The summed E-state index contributed by atoms with van der Waals surface area (Å²) in [5, 5.41) is 20.4. The molecular weight excluding hydrogens is 803 g/mol. The Morgan fingerprint density at radius 1 is 0.746 bits per heavy atom. The number of esters is 4. The van der Waals surface area contributed by atoms with Gasteiger partial charge in [-0.3, -0.25) is 24.2 Å². The van der Waals surface area contributed by atoms with Gasteiger partial charge in [0.15, 0.2) is 5.96 Å². The predicted octanol–water partition coefficient (Wildman–Crippen LogP) is 8.91. The Balaban J connectivity index is 0.000000883. The summed E-state index contributed by atoms with van der Waals surface area (Å²) in [7, 11) is 0. The number of unbranched alkanes of at least 4 members (excludes halogenated alkanes) is 2. The zero-order chi connectivity index (χ0) is 46.9. The molecule has 364 valence electrons. The van der Waals surface area contributed by atoms with Crippen LogP contribution < -0.4 is 5.32 Å². The fraction of sp³-hybridized carbons (Fsp3) is 0.780. The van der Waals surface area contributed by atoms with E-state index in [-0.39, 0.29) is 48.2 Å². The number of rotatable bonds is 22. The first-order chi connectivity index (χ1) is 30.4. The minimum absolute atomic E-state index is 0.0255. The summed E-state index contributed by atoms with van der Waals surface area (Å²) < 4.78 is 20.5. The first kappa shape index (κ1) is 59.3. The summed E-state index contributed by atoms with van der Waals surface area (Å²) >= 11 is 0. The molecule has 0 aromatic rings. The highest BCUT2D eigenvalue weighted by Crippen LogP contribution is 2.20. The van der Waals surface area contributed by atoms with Crippen LogP contribution in [-0.4, -0.2) is 111 Å². The lowest BCUT2D eigenvalue weighted by molar-refractivity contribution is -0.150. The van der Waals surface area contributed by atoms with Gasteiger partial charge in [-0.15, -0.1) is 19.7 Å². The number of aliphatic hydroxyl groups is 2. The second-order valence-corrected chi connectivity index (χ2v) is 17.3. The molecule has 3 N–H and O–H groups in total. The van der Waals surface area contributed by atoms with E-state index in [0.717, 1.165) is 96.1 Å². The van der Waals surface area contributed by atoms with Gasteiger partial charge < -0.3 is 39.4 Å². The van der Waals surface area contributed by atoms with E-state index in [2.05, 4.69) is 62.6 Å². The van der Waals surface area contributed by atoms with Gasteiger partial charge in [0.1, 0.15) is 0 Å². The van der Waals surface area contributed by atoms with Crippen LogP contribution >= 0.6 is 0 Å². The second-order valence-electron chi connectivity index (χ2n) is 17.3. The molecule has 0 amide bonds. The number of cyclic esters (lactones) is 2. The van der Waals surface area contributed by atoms with Crippen LogP contribution in [0.25, 0.3) is 0 Å². The van der Waals surface area contributed by atoms with Crippen molar-refractivity contribution in [2.24, 2.45) is 34.6 Å². The number of nitrogens with zero attached hydrogens (tertiary/aromatic N) is 2. The quantitative estimate of drug-likeness (QED) is 0.0408. The average Bonchev–Trinajstić information content (AvgIpc) is 3.64. The first-order valence-corrected chi connectivity index (χ1v) is 24.2. The number of fused-ring (bicyclic) bond motifs is 1. The van der Waals surface area contributed by atoms with E-state index in [9.17, 15) is 19.2 Å². The zero-order valence-corrected chi connectivity index (χ0v) is 40.0. The predicted molar refractivity (Wildman–Crippen MR) is 253 cm³/mol. The Morgan fingerprint density at radius 2 is 1.37 bits per heavy atom. The highest BCUT2D eigenvalue weighted by molar-refractivity contribution is 5.81. The van der Waals surface area contributed by atoms with Gasteiger partial charge >= 0.3 is 23.9 Å². The smallest absolute Gasteiger partial charge is 0.309 e. The van der Waals surface area contributed by atoms with Gasteiger partial charge in [0.05, 0.1) is 44.2 Å². The fourth-order valence-corrected chi connectivity index (χ4v) is 6.75. The van der Waals surface area contributed by atoms with Gasteiger partial charge in [0.25, 0.3) is 0 Å². The molecule has 4 rings (SSSR count). The Hall–Kier alpha value is -3.71. The number of allylic oxidation sites excluding steroid dienone is 3. The molecule has 0 radical (unpaired) electrons. The lowest BCUT2D eigenvalue weighted by Crippen LogP contribution is -2.49. The van der Waals surface area contributed by atoms with Crippen molar-refractivity contribution in [2.75, 3.05) is 65.8 Å². The number of carbonyl (C=O) groups is 4. The molecule has 0 aromatic carbocycles. The van der Waals surface area contributed by atoms with Crippen LogP contribution in [0.15, 0.2) is 43.0 Å². The van der Waals surface area contributed by atoms with Crippen LogP contribution in [0.1, 0.15) is 156 Å². The van der Waals surface area contributed by atoms with E-state index in [1.54, 1.807) is 18.2 Å². The normalized spacial score (nSPS) is 17.9. The standard InChI is InChI=1S/C23H40O5.C9H14O2.C7H13N3.C6H10O2.C5H12O/c1-5-11-20(13-7-9-16-24)22(25)27-17-10-8-14-21(12-6-2)23(26)28-18-15-19(3)4;1-2-5-8-6-3-4-7-11-9(8)10;1-3-8-7-9-4-2-6-10(7)5-1;7-6-4-2-1-3-5-8-6;1-5(2)3-4-6/h5-6,19-21,24H,1-2,7-18H2,3-4H3;2,8H,1,3-7H2;1-6H2,(H,8,9);1-5H2;5-6H,3-4H2,1-2H3. The van der Waals surface area contributed by atoms with E-state index >= 15 is 0 Å². The highest BCUT2D eigenvalue weighted by Gasteiger charge is 2.22. The van der Waals surface area contributed by atoms with Gasteiger partial charge in [0, 0.05) is 45.8 Å². The van der Waals surface area contributed by atoms with E-state index in [0.29, 0.717) is 83.4 Å². The fourth-order valence-electron chi connectivity index (χ4n) is 6.75. The molecule has 3 fully saturated rings. The average molecular weight is 892 g/mol. The molecule has 4 aliphatic heterocycles. The van der Waals surface area contributed by atoms with Crippen molar-refractivity contribution in [3.05, 3.63) is 38.0 Å². The monoisotopic (exact) mass is 892 g/mol. The third-order valence-electron chi connectivity index (χ3n) is 10.7. The van der Waals surface area contributed by atoms with Crippen molar-refractivity contribution < 1.29 is 48.3 Å². The van der Waals surface area contributed by atoms with Crippen LogP contribution in [0.3, 0.4) is 0 Å². The van der Waals surface area contributed by atoms with E-state index in [1.165, 1.54) is 25.9 Å². The third-order valence-corrected chi connectivity index (χ3v) is 10.7. The molecule has 3 atom stereocenters. The summed E-state index contributed by atoms with van der Waals surface area (Å²) in [6.07, 6.45) is 22.8. The maximum atomic E-state index is 12.2. The molecular formula is C50H89N3O10. The highest BCUT2D eigenvalue weighted by atomic mass is 16.5. The number of hydrogen-bond acceptors (Lipinski definition) is 13. The largest absolute Gasteiger partial charge is 0.466 e. The van der Waals surface area contributed by atoms with Crippen molar-refractivity contribution in [2.45, 2.75) is 156 Å². The molecule has 0 saturated carbocycles. The molecule has 0 aromatic heterocycles. The van der Waals surface area contributed by atoms with E-state index in [4.69, 9.17) is 29.2 Å². The Labute approximate surface area is 381 Å². The molecule has 4 aliphatic rings. The number of carbonyl (C=O) groups excluding carboxylic acids is 4. The van der Waals surface area contributed by atoms with Crippen LogP contribution in [0.4, 0.5) is 0 Å². The first-order valence-electron chi connectivity index (χ1n) is 24.2. The van der Waals surface area contributed by atoms with Crippen LogP contribution in [-0.2, 0) is 38.1 Å². The molecule has 13 nitrogen and oxygen atoms in total. The van der Waals surface area contributed by atoms with Crippen LogP contribution in [0, 0.1) is 29.6 Å². The van der Waals surface area contributed by atoms with Gasteiger partial charge in [-0.05, 0) is 127 Å². The number of aliphatic hydroxyl groups excluding tert-OH is 2. The zero-order valence-electron chi connectivity index (χ0n) is 40.0. The Morgan fingerprint density at radius 3 is 1.95 bits per heavy atom. The molecule has 0 spiro atoms.